The molecule has 0 radical (unpaired) electrons. The van der Waals surface area contributed by atoms with Crippen LogP contribution in [0, 0.1) is 0 Å². The number of methoxy groups -OCH3 is 1. The van der Waals surface area contributed by atoms with Gasteiger partial charge >= 0.3 is 6.18 Å². The zero-order valence-corrected chi connectivity index (χ0v) is 15.6. The van der Waals surface area contributed by atoms with Gasteiger partial charge in [0, 0.05) is 5.75 Å². The predicted octanol–water partition coefficient (Wildman–Crippen LogP) is 5.35. The Labute approximate surface area is 156 Å². The maximum atomic E-state index is 12.9. The van der Waals surface area contributed by atoms with E-state index in [0.717, 1.165) is 16.1 Å². The number of alkyl halides is 3. The topological polar surface area (TPSA) is 38.3 Å². The second-order valence-corrected chi connectivity index (χ2v) is 6.89. The molecule has 0 saturated heterocycles. The van der Waals surface area contributed by atoms with Crippen LogP contribution >= 0.6 is 27.7 Å². The molecule has 0 heterocycles. The zero-order valence-electron chi connectivity index (χ0n) is 13.2. The smallest absolute Gasteiger partial charge is 0.418 e. The zero-order chi connectivity index (χ0) is 18.4. The summed E-state index contributed by atoms with van der Waals surface area (Å²) >= 11 is 4.69. The van der Waals surface area contributed by atoms with Crippen LogP contribution in [0.1, 0.15) is 11.1 Å². The van der Waals surface area contributed by atoms with Crippen LogP contribution < -0.4 is 10.1 Å². The van der Waals surface area contributed by atoms with Crippen LogP contribution in [-0.4, -0.2) is 18.8 Å². The number of amides is 1. The number of hydrogen-bond donors (Lipinski definition) is 1. The molecule has 0 aliphatic carbocycles. The molecule has 0 aromatic heterocycles. The van der Waals surface area contributed by atoms with Crippen molar-refractivity contribution in [2.45, 2.75) is 11.9 Å². The molecule has 3 nitrogen and oxygen atoms in total. The summed E-state index contributed by atoms with van der Waals surface area (Å²) < 4.78 is 44.6. The van der Waals surface area contributed by atoms with Crippen LogP contribution in [0.15, 0.2) is 46.9 Å². The quantitative estimate of drug-likeness (QED) is 0.667. The van der Waals surface area contributed by atoms with Crippen LogP contribution in [0.3, 0.4) is 0 Å². The molecule has 2 aromatic carbocycles. The molecule has 2 rings (SSSR count). The molecular formula is C17H15BrF3NO2S. The molecule has 0 fully saturated rings. The van der Waals surface area contributed by atoms with E-state index in [0.29, 0.717) is 11.5 Å². The minimum Gasteiger partial charge on any atom is -0.496 e. The lowest BCUT2D eigenvalue weighted by Gasteiger charge is -2.13. The number of carbonyl (C=O) groups is 1. The number of hydrogen-bond acceptors (Lipinski definition) is 3. The molecule has 0 bridgehead atoms. The molecule has 0 saturated carbocycles. The van der Waals surface area contributed by atoms with Crippen LogP contribution in [0.4, 0.5) is 18.9 Å². The first-order valence-corrected chi connectivity index (χ1v) is 9.12. The molecule has 0 unspecified atom stereocenters. The highest BCUT2D eigenvalue weighted by atomic mass is 79.9. The van der Waals surface area contributed by atoms with E-state index < -0.39 is 17.6 Å². The third-order valence-corrected chi connectivity index (χ3v) is 4.85. The van der Waals surface area contributed by atoms with Crippen molar-refractivity contribution in [1.82, 2.24) is 0 Å². The van der Waals surface area contributed by atoms with Gasteiger partial charge < -0.3 is 10.1 Å². The number of ether oxygens (including phenoxy) is 1. The molecule has 0 aliphatic rings. The van der Waals surface area contributed by atoms with Gasteiger partial charge in [0.15, 0.2) is 0 Å². The second kappa shape index (κ2) is 8.62. The molecule has 0 spiro atoms. The Morgan fingerprint density at radius 1 is 1.24 bits per heavy atom. The number of para-hydroxylation sites is 1. The molecule has 1 amide bonds. The standard InChI is InChI=1S/C17H15BrF3NO2S/c1-24-15-7-6-11(8-13(15)18)9-25-10-16(23)22-14-5-3-2-4-12(14)17(19,20)21/h2-8H,9-10H2,1H3,(H,22,23). The van der Waals surface area contributed by atoms with Crippen LogP contribution in [0.2, 0.25) is 0 Å². The summed E-state index contributed by atoms with van der Waals surface area (Å²) in [4.78, 5) is 11.9. The number of anilines is 1. The molecule has 25 heavy (non-hydrogen) atoms. The van der Waals surface area contributed by atoms with Crippen molar-refractivity contribution in [3.8, 4) is 5.75 Å². The van der Waals surface area contributed by atoms with Crippen molar-refractivity contribution in [3.05, 3.63) is 58.1 Å². The number of carbonyl (C=O) groups excluding carboxylic acids is 1. The first-order chi connectivity index (χ1) is 11.8. The highest BCUT2D eigenvalue weighted by Gasteiger charge is 2.33. The Bertz CT molecular complexity index is 753. The van der Waals surface area contributed by atoms with Crippen LogP contribution in [-0.2, 0) is 16.7 Å². The van der Waals surface area contributed by atoms with Crippen molar-refractivity contribution in [2.24, 2.45) is 0 Å². The second-order valence-electron chi connectivity index (χ2n) is 5.05. The first kappa shape index (κ1) is 19.7. The number of benzene rings is 2. The van der Waals surface area contributed by atoms with E-state index in [4.69, 9.17) is 4.74 Å². The summed E-state index contributed by atoms with van der Waals surface area (Å²) in [5.41, 5.74) is -0.110. The van der Waals surface area contributed by atoms with E-state index in [1.807, 2.05) is 12.1 Å². The molecule has 2 aromatic rings. The third kappa shape index (κ3) is 5.67. The summed E-state index contributed by atoms with van der Waals surface area (Å²) in [5.74, 6) is 0.830. The van der Waals surface area contributed by atoms with Gasteiger partial charge in [-0.1, -0.05) is 18.2 Å². The van der Waals surface area contributed by atoms with E-state index in [1.54, 1.807) is 13.2 Å². The lowest BCUT2D eigenvalue weighted by atomic mass is 10.1. The van der Waals surface area contributed by atoms with Gasteiger partial charge in [-0.2, -0.15) is 13.2 Å². The number of nitrogens with one attached hydrogen (secondary N) is 1. The highest BCUT2D eigenvalue weighted by molar-refractivity contribution is 9.10. The minimum absolute atomic E-state index is 0.0514. The fraction of sp³-hybridized carbons (Fsp3) is 0.235. The molecule has 1 N–H and O–H groups in total. The molecule has 134 valence electrons. The predicted molar refractivity (Wildman–Crippen MR) is 96.9 cm³/mol. The van der Waals surface area contributed by atoms with Crippen molar-refractivity contribution < 1.29 is 22.7 Å². The Kier molecular flexibility index (Phi) is 6.78. The van der Waals surface area contributed by atoms with Gasteiger partial charge in [0.05, 0.1) is 28.6 Å². The Morgan fingerprint density at radius 3 is 2.60 bits per heavy atom. The van der Waals surface area contributed by atoms with Crippen LogP contribution in [0.25, 0.3) is 0 Å². The lowest BCUT2D eigenvalue weighted by molar-refractivity contribution is -0.137. The van der Waals surface area contributed by atoms with Gasteiger partial charge in [0.1, 0.15) is 5.75 Å². The van der Waals surface area contributed by atoms with Gasteiger partial charge in [0.25, 0.3) is 0 Å². The number of halogens is 4. The van der Waals surface area contributed by atoms with Gasteiger partial charge in [-0.15, -0.1) is 11.8 Å². The van der Waals surface area contributed by atoms with E-state index >= 15 is 0 Å². The summed E-state index contributed by atoms with van der Waals surface area (Å²) in [7, 11) is 1.57. The fourth-order valence-electron chi connectivity index (χ4n) is 2.09. The number of rotatable bonds is 6. The van der Waals surface area contributed by atoms with E-state index in [2.05, 4.69) is 21.2 Å². The van der Waals surface area contributed by atoms with Gasteiger partial charge in [-0.05, 0) is 45.8 Å². The molecular weight excluding hydrogens is 419 g/mol. The van der Waals surface area contributed by atoms with Gasteiger partial charge in [-0.3, -0.25) is 4.79 Å². The van der Waals surface area contributed by atoms with Crippen molar-refractivity contribution in [3.63, 3.8) is 0 Å². The third-order valence-electron chi connectivity index (χ3n) is 3.22. The van der Waals surface area contributed by atoms with Crippen molar-refractivity contribution in [2.75, 3.05) is 18.2 Å². The summed E-state index contributed by atoms with van der Waals surface area (Å²) in [6, 6.07) is 10.5. The average Bonchev–Trinajstić information content (AvgIpc) is 2.54. The monoisotopic (exact) mass is 433 g/mol. The largest absolute Gasteiger partial charge is 0.496 e. The average molecular weight is 434 g/mol. The summed E-state index contributed by atoms with van der Waals surface area (Å²) in [5, 5.41) is 2.32. The van der Waals surface area contributed by atoms with Gasteiger partial charge in [-0.25, -0.2) is 0 Å². The minimum atomic E-state index is -4.51. The molecule has 0 atom stereocenters. The molecule has 0 aliphatic heterocycles. The van der Waals surface area contributed by atoms with Gasteiger partial charge in [0.2, 0.25) is 5.91 Å². The van der Waals surface area contributed by atoms with Crippen molar-refractivity contribution in [1.29, 1.82) is 0 Å². The molecule has 8 heteroatoms. The highest BCUT2D eigenvalue weighted by Crippen LogP contribution is 2.34. The van der Waals surface area contributed by atoms with Crippen LogP contribution in [0.5, 0.6) is 5.75 Å². The van der Waals surface area contributed by atoms with E-state index in [9.17, 15) is 18.0 Å². The summed E-state index contributed by atoms with van der Waals surface area (Å²) in [6.07, 6.45) is -4.51. The fourth-order valence-corrected chi connectivity index (χ4v) is 3.45. The van der Waals surface area contributed by atoms with E-state index in [-0.39, 0.29) is 11.4 Å². The number of thioether (sulfide) groups is 1. The van der Waals surface area contributed by atoms with Crippen molar-refractivity contribution >= 4 is 39.3 Å². The Balaban J connectivity index is 1.91. The Hall–Kier alpha value is -1.67. The maximum absolute atomic E-state index is 12.9. The Morgan fingerprint density at radius 2 is 1.96 bits per heavy atom. The first-order valence-electron chi connectivity index (χ1n) is 7.17. The SMILES string of the molecule is COc1ccc(CSCC(=O)Nc2ccccc2C(F)(F)F)cc1Br. The summed E-state index contributed by atoms with van der Waals surface area (Å²) in [6.45, 7) is 0. The lowest BCUT2D eigenvalue weighted by Crippen LogP contribution is -2.18. The maximum Gasteiger partial charge on any atom is 0.418 e. The normalized spacial score (nSPS) is 11.2. The van der Waals surface area contributed by atoms with E-state index in [1.165, 1.54) is 30.0 Å².